The van der Waals surface area contributed by atoms with Crippen LogP contribution in [0.3, 0.4) is 0 Å². The highest BCUT2D eigenvalue weighted by Gasteiger charge is 2.01. The fourth-order valence-electron chi connectivity index (χ4n) is 1.17. The van der Waals surface area contributed by atoms with Gasteiger partial charge in [0.15, 0.2) is 0 Å². The average Bonchev–Trinajstić information content (AvgIpc) is 2.02. The monoisotopic (exact) mass is 195 g/mol. The number of aryl methyl sites for hydroxylation is 1. The fourth-order valence-corrected chi connectivity index (χ4v) is 1.30. The lowest BCUT2D eigenvalue weighted by Gasteiger charge is -1.98. The summed E-state index contributed by atoms with van der Waals surface area (Å²) in [4.78, 5) is 21.4. The van der Waals surface area contributed by atoms with E-state index in [4.69, 9.17) is 11.6 Å². The lowest BCUT2D eigenvalue weighted by molar-refractivity contribution is 1.15. The molecule has 0 saturated carbocycles. The quantitative estimate of drug-likeness (QED) is 0.645. The first-order chi connectivity index (χ1) is 6.16. The second kappa shape index (κ2) is 2.81. The molecular weight excluding hydrogens is 190 g/mol. The van der Waals surface area contributed by atoms with Crippen molar-refractivity contribution in [1.82, 2.24) is 15.0 Å². The molecule has 0 aliphatic rings. The number of hydrogen-bond acceptors (Lipinski definition) is 3. The summed E-state index contributed by atoms with van der Waals surface area (Å²) in [5.74, 6) is 0. The second-order valence-electron chi connectivity index (χ2n) is 2.72. The number of H-pyrrole nitrogens is 1. The molecule has 5 heteroatoms. The highest BCUT2D eigenvalue weighted by molar-refractivity contribution is 6.28. The standard InChI is InChI=1S/C8H6ClN3O/c1-4-2-6(13)11-7-5(4)3-10-8(9)12-7/h2-3H,1H3,(H,10,11,12,13). The van der Waals surface area contributed by atoms with E-state index in [1.807, 2.05) is 6.92 Å². The number of halogens is 1. The predicted octanol–water partition coefficient (Wildman–Crippen LogP) is 1.28. The van der Waals surface area contributed by atoms with Gasteiger partial charge in [-0.15, -0.1) is 0 Å². The Labute approximate surface area is 78.6 Å². The third-order valence-electron chi connectivity index (χ3n) is 1.77. The zero-order valence-electron chi connectivity index (χ0n) is 6.84. The van der Waals surface area contributed by atoms with E-state index in [-0.39, 0.29) is 10.8 Å². The van der Waals surface area contributed by atoms with E-state index in [2.05, 4.69) is 15.0 Å². The van der Waals surface area contributed by atoms with Crippen molar-refractivity contribution in [3.05, 3.63) is 33.5 Å². The van der Waals surface area contributed by atoms with Crippen molar-refractivity contribution >= 4 is 22.6 Å². The number of aromatic amines is 1. The van der Waals surface area contributed by atoms with Crippen molar-refractivity contribution in [2.45, 2.75) is 6.92 Å². The normalized spacial score (nSPS) is 10.6. The zero-order valence-corrected chi connectivity index (χ0v) is 7.59. The van der Waals surface area contributed by atoms with Crippen molar-refractivity contribution in [2.24, 2.45) is 0 Å². The molecular formula is C8H6ClN3O. The van der Waals surface area contributed by atoms with Gasteiger partial charge in [-0.3, -0.25) is 4.79 Å². The molecule has 0 fully saturated rings. The van der Waals surface area contributed by atoms with Crippen LogP contribution in [0.4, 0.5) is 0 Å². The summed E-state index contributed by atoms with van der Waals surface area (Å²) < 4.78 is 0. The Morgan fingerprint density at radius 3 is 3.08 bits per heavy atom. The van der Waals surface area contributed by atoms with E-state index in [0.29, 0.717) is 5.65 Å². The molecule has 0 aromatic carbocycles. The smallest absolute Gasteiger partial charge is 0.249 e. The Balaban J connectivity index is 2.94. The van der Waals surface area contributed by atoms with Crippen molar-refractivity contribution < 1.29 is 0 Å². The Hall–Kier alpha value is -1.42. The van der Waals surface area contributed by atoms with Crippen LogP contribution in [0.2, 0.25) is 5.28 Å². The van der Waals surface area contributed by atoms with Crippen LogP contribution in [0.1, 0.15) is 5.56 Å². The molecule has 0 saturated heterocycles. The number of nitrogens with one attached hydrogen (secondary N) is 1. The summed E-state index contributed by atoms with van der Waals surface area (Å²) in [7, 11) is 0. The van der Waals surface area contributed by atoms with Gasteiger partial charge in [-0.2, -0.15) is 4.98 Å². The van der Waals surface area contributed by atoms with Crippen molar-refractivity contribution in [2.75, 3.05) is 0 Å². The molecule has 2 aromatic heterocycles. The van der Waals surface area contributed by atoms with Gasteiger partial charge in [0.2, 0.25) is 10.8 Å². The summed E-state index contributed by atoms with van der Waals surface area (Å²) >= 11 is 5.58. The molecule has 0 radical (unpaired) electrons. The van der Waals surface area contributed by atoms with Gasteiger partial charge in [-0.25, -0.2) is 4.98 Å². The van der Waals surface area contributed by atoms with Crippen LogP contribution in [-0.4, -0.2) is 15.0 Å². The van der Waals surface area contributed by atoms with Crippen molar-refractivity contribution in [3.63, 3.8) is 0 Å². The molecule has 2 heterocycles. The highest BCUT2D eigenvalue weighted by atomic mass is 35.5. The van der Waals surface area contributed by atoms with Crippen LogP contribution in [0.15, 0.2) is 17.1 Å². The van der Waals surface area contributed by atoms with Crippen LogP contribution in [0, 0.1) is 6.92 Å². The maximum Gasteiger partial charge on any atom is 0.249 e. The molecule has 0 aliphatic carbocycles. The van der Waals surface area contributed by atoms with Gasteiger partial charge in [-0.1, -0.05) is 0 Å². The third-order valence-corrected chi connectivity index (χ3v) is 1.96. The lowest BCUT2D eigenvalue weighted by atomic mass is 10.2. The Morgan fingerprint density at radius 2 is 2.31 bits per heavy atom. The van der Waals surface area contributed by atoms with E-state index in [1.165, 1.54) is 6.07 Å². The molecule has 4 nitrogen and oxygen atoms in total. The summed E-state index contributed by atoms with van der Waals surface area (Å²) in [6.07, 6.45) is 1.59. The molecule has 2 rings (SSSR count). The minimum absolute atomic E-state index is 0.133. The summed E-state index contributed by atoms with van der Waals surface area (Å²) in [6.45, 7) is 1.83. The largest absolute Gasteiger partial charge is 0.306 e. The highest BCUT2D eigenvalue weighted by Crippen LogP contribution is 2.12. The molecule has 1 N–H and O–H groups in total. The first-order valence-electron chi connectivity index (χ1n) is 3.69. The molecule has 0 spiro atoms. The molecule has 2 aromatic rings. The number of fused-ring (bicyclic) bond motifs is 1. The molecule has 0 unspecified atom stereocenters. The van der Waals surface area contributed by atoms with Gasteiger partial charge in [0.1, 0.15) is 5.65 Å². The number of pyridine rings is 1. The van der Waals surface area contributed by atoms with Gasteiger partial charge in [0.05, 0.1) is 0 Å². The minimum Gasteiger partial charge on any atom is -0.306 e. The Bertz CT molecular complexity index is 520. The molecule has 0 bridgehead atoms. The lowest BCUT2D eigenvalue weighted by Crippen LogP contribution is -2.06. The van der Waals surface area contributed by atoms with Gasteiger partial charge in [0.25, 0.3) is 0 Å². The van der Waals surface area contributed by atoms with Crippen LogP contribution in [0.25, 0.3) is 11.0 Å². The predicted molar refractivity (Wildman–Crippen MR) is 49.9 cm³/mol. The minimum atomic E-state index is -0.181. The van der Waals surface area contributed by atoms with Crippen LogP contribution >= 0.6 is 11.6 Å². The molecule has 13 heavy (non-hydrogen) atoms. The summed E-state index contributed by atoms with van der Waals surface area (Å²) in [6, 6.07) is 1.50. The molecule has 0 amide bonds. The average molecular weight is 196 g/mol. The maximum atomic E-state index is 11.1. The van der Waals surface area contributed by atoms with Gasteiger partial charge >= 0.3 is 0 Å². The number of nitrogens with zero attached hydrogens (tertiary/aromatic N) is 2. The first kappa shape index (κ1) is 8.19. The second-order valence-corrected chi connectivity index (χ2v) is 3.06. The van der Waals surface area contributed by atoms with E-state index in [0.717, 1.165) is 10.9 Å². The topological polar surface area (TPSA) is 58.6 Å². The number of rotatable bonds is 0. The van der Waals surface area contributed by atoms with E-state index in [1.54, 1.807) is 6.20 Å². The first-order valence-corrected chi connectivity index (χ1v) is 4.07. The summed E-state index contributed by atoms with van der Waals surface area (Å²) in [5, 5.41) is 0.942. The number of aromatic nitrogens is 3. The SMILES string of the molecule is Cc1cc(=O)[nH]c2nc(Cl)ncc12. The van der Waals surface area contributed by atoms with Crippen LogP contribution in [-0.2, 0) is 0 Å². The van der Waals surface area contributed by atoms with Crippen LogP contribution < -0.4 is 5.56 Å². The van der Waals surface area contributed by atoms with E-state index in [9.17, 15) is 4.79 Å². The van der Waals surface area contributed by atoms with E-state index >= 15 is 0 Å². The summed E-state index contributed by atoms with van der Waals surface area (Å²) in [5.41, 5.74) is 1.14. The van der Waals surface area contributed by atoms with Gasteiger partial charge in [0, 0.05) is 17.6 Å². The van der Waals surface area contributed by atoms with Crippen molar-refractivity contribution in [1.29, 1.82) is 0 Å². The molecule has 0 aliphatic heterocycles. The number of hydrogen-bond donors (Lipinski definition) is 1. The van der Waals surface area contributed by atoms with Gasteiger partial charge < -0.3 is 4.98 Å². The van der Waals surface area contributed by atoms with Gasteiger partial charge in [-0.05, 0) is 24.1 Å². The molecule has 66 valence electrons. The maximum absolute atomic E-state index is 11.1. The van der Waals surface area contributed by atoms with E-state index < -0.39 is 0 Å². The fraction of sp³-hybridized carbons (Fsp3) is 0.125. The third kappa shape index (κ3) is 1.40. The Morgan fingerprint density at radius 1 is 1.54 bits per heavy atom. The Kier molecular flexibility index (Phi) is 1.77. The van der Waals surface area contributed by atoms with Crippen molar-refractivity contribution in [3.8, 4) is 0 Å². The van der Waals surface area contributed by atoms with Crippen LogP contribution in [0.5, 0.6) is 0 Å². The molecule has 0 atom stereocenters. The zero-order chi connectivity index (χ0) is 9.42.